The van der Waals surface area contributed by atoms with Gasteiger partial charge >= 0.3 is 0 Å². The van der Waals surface area contributed by atoms with Gasteiger partial charge in [0.2, 0.25) is 0 Å². The van der Waals surface area contributed by atoms with Crippen molar-refractivity contribution < 1.29 is 10.2 Å². The first-order valence-corrected chi connectivity index (χ1v) is 9.13. The Balaban J connectivity index is 2.50. The number of phenolic OH excluding ortho intramolecular Hbond substituents is 2. The summed E-state index contributed by atoms with van der Waals surface area (Å²) in [7, 11) is 0. The molecule has 2 rings (SSSR count). The molecule has 2 nitrogen and oxygen atoms in total. The zero-order valence-corrected chi connectivity index (χ0v) is 16.7. The van der Waals surface area contributed by atoms with Crippen molar-refractivity contribution in [3.8, 4) is 11.5 Å². The van der Waals surface area contributed by atoms with Gasteiger partial charge in [-0.3, -0.25) is 0 Å². The number of rotatable bonds is 4. The molecule has 0 saturated heterocycles. The van der Waals surface area contributed by atoms with E-state index in [0.717, 1.165) is 39.8 Å². The van der Waals surface area contributed by atoms with Crippen molar-refractivity contribution >= 4 is 0 Å². The standard InChI is InChI=1S/C23H32O2/c1-14(2)8-17-9-15(3)10-18(21(17)24)13-19-11-16(4)12-20(22(19)25)23(5,6)7/h9-12,14,24-25H,8,13H2,1-7H3. The van der Waals surface area contributed by atoms with Crippen LogP contribution in [0.25, 0.3) is 0 Å². The Hall–Kier alpha value is -1.96. The monoisotopic (exact) mass is 340 g/mol. The highest BCUT2D eigenvalue weighted by atomic mass is 16.3. The molecule has 2 N–H and O–H groups in total. The minimum atomic E-state index is -0.123. The zero-order chi connectivity index (χ0) is 18.9. The highest BCUT2D eigenvalue weighted by molar-refractivity contribution is 5.52. The molecule has 0 aliphatic rings. The van der Waals surface area contributed by atoms with Crippen LogP contribution >= 0.6 is 0 Å². The van der Waals surface area contributed by atoms with Crippen LogP contribution in [0.15, 0.2) is 24.3 Å². The second-order valence-electron chi connectivity index (χ2n) is 8.78. The predicted octanol–water partition coefficient (Wildman–Crippen LogP) is 5.80. The molecule has 0 bridgehead atoms. The van der Waals surface area contributed by atoms with Gasteiger partial charge in [-0.15, -0.1) is 0 Å². The molecule has 2 heteroatoms. The first-order valence-electron chi connectivity index (χ1n) is 9.13. The maximum atomic E-state index is 10.8. The van der Waals surface area contributed by atoms with Gasteiger partial charge in [-0.1, -0.05) is 70.0 Å². The van der Waals surface area contributed by atoms with E-state index >= 15 is 0 Å². The minimum absolute atomic E-state index is 0.123. The predicted molar refractivity (Wildman–Crippen MR) is 106 cm³/mol. The molecular weight excluding hydrogens is 308 g/mol. The van der Waals surface area contributed by atoms with Crippen molar-refractivity contribution in [2.24, 2.45) is 5.92 Å². The quantitative estimate of drug-likeness (QED) is 0.738. The Labute approximate surface area is 152 Å². The third-order valence-electron chi connectivity index (χ3n) is 4.56. The van der Waals surface area contributed by atoms with E-state index < -0.39 is 0 Å². The van der Waals surface area contributed by atoms with Crippen LogP contribution in [0.4, 0.5) is 0 Å². The summed E-state index contributed by atoms with van der Waals surface area (Å²) in [5.41, 5.74) is 5.87. The molecule has 0 aromatic heterocycles. The normalized spacial score (nSPS) is 12.0. The summed E-state index contributed by atoms with van der Waals surface area (Å²) >= 11 is 0. The first kappa shape index (κ1) is 19.4. The fraction of sp³-hybridized carbons (Fsp3) is 0.478. The van der Waals surface area contributed by atoms with E-state index in [1.807, 2.05) is 12.1 Å². The number of hydrogen-bond acceptors (Lipinski definition) is 2. The molecular formula is C23H32O2. The first-order chi connectivity index (χ1) is 11.5. The molecule has 0 saturated carbocycles. The van der Waals surface area contributed by atoms with E-state index in [4.69, 9.17) is 0 Å². The molecule has 0 heterocycles. The number of aryl methyl sites for hydroxylation is 2. The second kappa shape index (κ2) is 7.11. The van der Waals surface area contributed by atoms with Gasteiger partial charge in [-0.05, 0) is 53.9 Å². The Morgan fingerprint density at radius 1 is 0.800 bits per heavy atom. The summed E-state index contributed by atoms with van der Waals surface area (Å²) in [5.74, 6) is 1.21. The van der Waals surface area contributed by atoms with Crippen LogP contribution in [0.2, 0.25) is 0 Å². The third kappa shape index (κ3) is 4.56. The van der Waals surface area contributed by atoms with Crippen molar-refractivity contribution in [1.82, 2.24) is 0 Å². The lowest BCUT2D eigenvalue weighted by atomic mass is 9.83. The van der Waals surface area contributed by atoms with E-state index in [-0.39, 0.29) is 5.41 Å². The zero-order valence-electron chi connectivity index (χ0n) is 16.7. The van der Waals surface area contributed by atoms with Crippen LogP contribution in [0.1, 0.15) is 68.0 Å². The summed E-state index contributed by atoms with van der Waals surface area (Å²) in [6.45, 7) is 14.7. The van der Waals surface area contributed by atoms with Gasteiger partial charge in [0.25, 0.3) is 0 Å². The molecule has 2 aromatic rings. The molecule has 2 aromatic carbocycles. The van der Waals surface area contributed by atoms with Crippen LogP contribution in [0, 0.1) is 19.8 Å². The average molecular weight is 341 g/mol. The summed E-state index contributed by atoms with van der Waals surface area (Å²) in [6, 6.07) is 8.17. The number of phenols is 2. The van der Waals surface area contributed by atoms with Crippen molar-refractivity contribution in [2.75, 3.05) is 0 Å². The Morgan fingerprint density at radius 3 is 1.80 bits per heavy atom. The fourth-order valence-corrected chi connectivity index (χ4v) is 3.43. The lowest BCUT2D eigenvalue weighted by molar-refractivity contribution is 0.439. The molecule has 0 unspecified atom stereocenters. The third-order valence-corrected chi connectivity index (χ3v) is 4.56. The van der Waals surface area contributed by atoms with E-state index in [9.17, 15) is 10.2 Å². The fourth-order valence-electron chi connectivity index (χ4n) is 3.43. The van der Waals surface area contributed by atoms with Gasteiger partial charge < -0.3 is 10.2 Å². The van der Waals surface area contributed by atoms with Crippen molar-refractivity contribution in [3.63, 3.8) is 0 Å². The maximum Gasteiger partial charge on any atom is 0.122 e. The minimum Gasteiger partial charge on any atom is -0.507 e. The maximum absolute atomic E-state index is 10.8. The summed E-state index contributed by atoms with van der Waals surface area (Å²) in [5, 5.41) is 21.5. The van der Waals surface area contributed by atoms with E-state index in [0.29, 0.717) is 23.8 Å². The van der Waals surface area contributed by atoms with Crippen LogP contribution in [0.3, 0.4) is 0 Å². The average Bonchev–Trinajstić information content (AvgIpc) is 2.45. The molecule has 0 amide bonds. The highest BCUT2D eigenvalue weighted by Crippen LogP contribution is 2.37. The molecule has 136 valence electrons. The van der Waals surface area contributed by atoms with E-state index in [1.165, 1.54) is 0 Å². The highest BCUT2D eigenvalue weighted by Gasteiger charge is 2.21. The SMILES string of the molecule is Cc1cc(Cc2cc(C)cc(C(C)(C)C)c2O)c(O)c(CC(C)C)c1. The molecule has 0 aliphatic heterocycles. The number of aromatic hydroxyl groups is 2. The van der Waals surface area contributed by atoms with Gasteiger partial charge in [0, 0.05) is 6.42 Å². The van der Waals surface area contributed by atoms with Crippen LogP contribution in [-0.2, 0) is 18.3 Å². The molecule has 0 fully saturated rings. The Kier molecular flexibility index (Phi) is 5.51. The van der Waals surface area contributed by atoms with Gasteiger partial charge in [0.15, 0.2) is 0 Å². The summed E-state index contributed by atoms with van der Waals surface area (Å²) < 4.78 is 0. The largest absolute Gasteiger partial charge is 0.507 e. The molecule has 0 aliphatic carbocycles. The molecule has 0 spiro atoms. The lowest BCUT2D eigenvalue weighted by Gasteiger charge is -2.23. The van der Waals surface area contributed by atoms with E-state index in [2.05, 4.69) is 60.6 Å². The number of benzene rings is 2. The van der Waals surface area contributed by atoms with Gasteiger partial charge in [-0.25, -0.2) is 0 Å². The number of hydrogen-bond donors (Lipinski definition) is 2. The van der Waals surface area contributed by atoms with Crippen LogP contribution in [-0.4, -0.2) is 10.2 Å². The van der Waals surface area contributed by atoms with Gasteiger partial charge in [-0.2, -0.15) is 0 Å². The summed E-state index contributed by atoms with van der Waals surface area (Å²) in [6.07, 6.45) is 1.39. The van der Waals surface area contributed by atoms with Crippen LogP contribution < -0.4 is 0 Å². The van der Waals surface area contributed by atoms with Crippen LogP contribution in [0.5, 0.6) is 11.5 Å². The van der Waals surface area contributed by atoms with Crippen molar-refractivity contribution in [2.45, 2.75) is 66.7 Å². The summed E-state index contributed by atoms with van der Waals surface area (Å²) in [4.78, 5) is 0. The molecule has 0 atom stereocenters. The van der Waals surface area contributed by atoms with E-state index in [1.54, 1.807) is 0 Å². The molecule has 25 heavy (non-hydrogen) atoms. The van der Waals surface area contributed by atoms with Crippen molar-refractivity contribution in [1.29, 1.82) is 0 Å². The second-order valence-corrected chi connectivity index (χ2v) is 8.78. The smallest absolute Gasteiger partial charge is 0.122 e. The Bertz CT molecular complexity index is 765. The molecule has 0 radical (unpaired) electrons. The topological polar surface area (TPSA) is 40.5 Å². The lowest BCUT2D eigenvalue weighted by Crippen LogP contribution is -2.12. The van der Waals surface area contributed by atoms with Crippen molar-refractivity contribution in [3.05, 3.63) is 57.6 Å². The van der Waals surface area contributed by atoms with Gasteiger partial charge in [0.1, 0.15) is 11.5 Å². The van der Waals surface area contributed by atoms with Gasteiger partial charge in [0.05, 0.1) is 0 Å². The Morgan fingerprint density at radius 2 is 1.28 bits per heavy atom.